The molecule has 1 aliphatic heterocycles. The number of anilines is 2. The van der Waals surface area contributed by atoms with Gasteiger partial charge in [0.1, 0.15) is 11.6 Å². The van der Waals surface area contributed by atoms with Crippen LogP contribution in [0, 0.1) is 0 Å². The first-order valence-corrected chi connectivity index (χ1v) is 10.2. The summed E-state index contributed by atoms with van der Waals surface area (Å²) in [5.41, 5.74) is 0.839. The molecule has 0 spiro atoms. The number of rotatable bonds is 4. The molecular weight excluding hydrogens is 468 g/mol. The molecule has 0 aliphatic carbocycles. The largest absolute Gasteiger partial charge is 0.495 e. The molecule has 2 atom stereocenters. The zero-order valence-corrected chi connectivity index (χ0v) is 18.1. The highest BCUT2D eigenvalue weighted by Crippen LogP contribution is 2.43. The summed E-state index contributed by atoms with van der Waals surface area (Å²) in [4.78, 5) is 12.7. The van der Waals surface area contributed by atoms with Crippen LogP contribution in [0.15, 0.2) is 48.5 Å². The number of aromatic nitrogens is 2. The third-order valence-electron chi connectivity index (χ3n) is 5.10. The minimum atomic E-state index is -4.55. The molecular formula is C21H17Cl2F3N4O2. The highest BCUT2D eigenvalue weighted by molar-refractivity contribution is 6.32. The van der Waals surface area contributed by atoms with Gasteiger partial charge < -0.3 is 15.4 Å². The summed E-state index contributed by atoms with van der Waals surface area (Å²) < 4.78 is 47.3. The van der Waals surface area contributed by atoms with Gasteiger partial charge in [0.25, 0.3) is 5.91 Å². The molecule has 4 rings (SSSR count). The van der Waals surface area contributed by atoms with Crippen molar-refractivity contribution in [2.45, 2.75) is 24.7 Å². The minimum Gasteiger partial charge on any atom is -0.495 e. The predicted molar refractivity (Wildman–Crippen MR) is 116 cm³/mol. The molecule has 1 aliphatic rings. The fourth-order valence-electron chi connectivity index (χ4n) is 3.54. The standard InChI is InChI=1S/C21H17Cl2F3N4O2/c1-32-17-7-6-13(8-14(17)23)27-20(31)16-10-19-28-15(11-2-4-12(22)5-3-11)9-18(21(24,25)26)30(19)29-16/h2-8,10,15,18,28H,9H2,1H3,(H,27,31)/t15-,18-/m0/s1. The van der Waals surface area contributed by atoms with E-state index < -0.39 is 24.2 Å². The summed E-state index contributed by atoms with van der Waals surface area (Å²) in [7, 11) is 1.45. The molecule has 168 valence electrons. The molecule has 0 saturated heterocycles. The van der Waals surface area contributed by atoms with Crippen molar-refractivity contribution in [1.29, 1.82) is 0 Å². The number of carbonyl (C=O) groups excluding carboxylic acids is 1. The molecule has 2 heterocycles. The number of halogens is 5. The lowest BCUT2D eigenvalue weighted by Gasteiger charge is -2.33. The van der Waals surface area contributed by atoms with Gasteiger partial charge in [0.2, 0.25) is 0 Å². The van der Waals surface area contributed by atoms with Crippen molar-refractivity contribution in [1.82, 2.24) is 9.78 Å². The van der Waals surface area contributed by atoms with Crippen LogP contribution >= 0.6 is 23.2 Å². The van der Waals surface area contributed by atoms with Crippen molar-refractivity contribution in [2.75, 3.05) is 17.7 Å². The highest BCUT2D eigenvalue weighted by atomic mass is 35.5. The van der Waals surface area contributed by atoms with Crippen LogP contribution in [0.1, 0.15) is 34.6 Å². The summed E-state index contributed by atoms with van der Waals surface area (Å²) >= 11 is 11.9. The van der Waals surface area contributed by atoms with Gasteiger partial charge in [-0.2, -0.15) is 18.3 Å². The summed E-state index contributed by atoms with van der Waals surface area (Å²) in [5, 5.41) is 10.3. The Bertz CT molecular complexity index is 1150. The number of ether oxygens (including phenoxy) is 1. The Morgan fingerprint density at radius 3 is 2.53 bits per heavy atom. The number of nitrogens with one attached hydrogen (secondary N) is 2. The fourth-order valence-corrected chi connectivity index (χ4v) is 3.92. The van der Waals surface area contributed by atoms with E-state index in [4.69, 9.17) is 27.9 Å². The molecule has 0 radical (unpaired) electrons. The molecule has 1 amide bonds. The van der Waals surface area contributed by atoms with E-state index in [0.717, 1.165) is 4.68 Å². The number of carbonyl (C=O) groups is 1. The lowest BCUT2D eigenvalue weighted by atomic mass is 9.97. The second kappa shape index (κ2) is 8.55. The van der Waals surface area contributed by atoms with Gasteiger partial charge in [-0.05, 0) is 35.9 Å². The maximum absolute atomic E-state index is 13.8. The maximum Gasteiger partial charge on any atom is 0.410 e. The van der Waals surface area contributed by atoms with Gasteiger partial charge in [-0.3, -0.25) is 4.79 Å². The molecule has 0 fully saturated rings. The zero-order chi connectivity index (χ0) is 23.0. The third-order valence-corrected chi connectivity index (χ3v) is 5.65. The van der Waals surface area contributed by atoms with E-state index in [-0.39, 0.29) is 23.0 Å². The number of hydrogen-bond donors (Lipinski definition) is 2. The summed E-state index contributed by atoms with van der Waals surface area (Å²) in [6, 6.07) is 9.94. The van der Waals surface area contributed by atoms with E-state index >= 15 is 0 Å². The normalized spacial score (nSPS) is 17.9. The zero-order valence-electron chi connectivity index (χ0n) is 16.6. The Balaban J connectivity index is 1.62. The van der Waals surface area contributed by atoms with E-state index in [1.807, 2.05) is 0 Å². The van der Waals surface area contributed by atoms with Gasteiger partial charge in [-0.15, -0.1) is 0 Å². The smallest absolute Gasteiger partial charge is 0.410 e. The number of methoxy groups -OCH3 is 1. The van der Waals surface area contributed by atoms with Gasteiger partial charge in [0, 0.05) is 23.2 Å². The Morgan fingerprint density at radius 2 is 1.91 bits per heavy atom. The average molecular weight is 485 g/mol. The molecule has 1 aromatic heterocycles. The van der Waals surface area contributed by atoms with Gasteiger partial charge in [-0.25, -0.2) is 4.68 Å². The van der Waals surface area contributed by atoms with Crippen molar-refractivity contribution in [3.63, 3.8) is 0 Å². The van der Waals surface area contributed by atoms with Crippen LogP contribution < -0.4 is 15.4 Å². The van der Waals surface area contributed by atoms with Crippen LogP contribution in [0.2, 0.25) is 10.0 Å². The Labute approximate surface area is 191 Å². The second-order valence-corrected chi connectivity index (χ2v) is 8.05. The predicted octanol–water partition coefficient (Wildman–Crippen LogP) is 6.11. The molecule has 2 N–H and O–H groups in total. The van der Waals surface area contributed by atoms with Crippen molar-refractivity contribution in [3.8, 4) is 5.75 Å². The quantitative estimate of drug-likeness (QED) is 0.468. The molecule has 11 heteroatoms. The number of fused-ring (bicyclic) bond motifs is 1. The molecule has 32 heavy (non-hydrogen) atoms. The van der Waals surface area contributed by atoms with E-state index in [2.05, 4.69) is 15.7 Å². The van der Waals surface area contributed by atoms with E-state index in [1.165, 1.54) is 19.2 Å². The molecule has 0 bridgehead atoms. The van der Waals surface area contributed by atoms with Crippen LogP contribution in [0.25, 0.3) is 0 Å². The van der Waals surface area contributed by atoms with Crippen LogP contribution in [0.4, 0.5) is 24.7 Å². The van der Waals surface area contributed by atoms with Crippen molar-refractivity contribution >= 4 is 40.6 Å². The van der Waals surface area contributed by atoms with Crippen molar-refractivity contribution in [2.24, 2.45) is 0 Å². The molecule has 0 unspecified atom stereocenters. The third kappa shape index (κ3) is 4.49. The number of hydrogen-bond acceptors (Lipinski definition) is 4. The van der Waals surface area contributed by atoms with Gasteiger partial charge in [-0.1, -0.05) is 35.3 Å². The monoisotopic (exact) mass is 484 g/mol. The summed E-state index contributed by atoms with van der Waals surface area (Å²) in [6.07, 6.45) is -4.83. The number of alkyl halides is 3. The molecule has 0 saturated carbocycles. The SMILES string of the molecule is COc1ccc(NC(=O)c2cc3n(n2)[C@H](C(F)(F)F)C[C@@H](c2ccc(Cl)cc2)N3)cc1Cl. The number of nitrogens with zero attached hydrogens (tertiary/aromatic N) is 2. The first-order chi connectivity index (χ1) is 15.2. The first kappa shape index (κ1) is 22.3. The van der Waals surface area contributed by atoms with Crippen LogP contribution in [0.5, 0.6) is 5.75 Å². The lowest BCUT2D eigenvalue weighted by Crippen LogP contribution is -2.35. The molecule has 6 nitrogen and oxygen atoms in total. The van der Waals surface area contributed by atoms with Gasteiger partial charge in [0.05, 0.1) is 18.2 Å². The van der Waals surface area contributed by atoms with E-state index in [0.29, 0.717) is 22.0 Å². The second-order valence-electron chi connectivity index (χ2n) is 7.20. The fraction of sp³-hybridized carbons (Fsp3) is 0.238. The molecule has 2 aromatic carbocycles. The number of benzene rings is 2. The summed E-state index contributed by atoms with van der Waals surface area (Å²) in [5.74, 6) is -0.150. The van der Waals surface area contributed by atoms with Gasteiger partial charge >= 0.3 is 6.18 Å². The van der Waals surface area contributed by atoms with Crippen LogP contribution in [-0.4, -0.2) is 29.0 Å². The minimum absolute atomic E-state index is 0.0939. The van der Waals surface area contributed by atoms with Crippen LogP contribution in [-0.2, 0) is 0 Å². The topological polar surface area (TPSA) is 68.2 Å². The Morgan fingerprint density at radius 1 is 1.19 bits per heavy atom. The maximum atomic E-state index is 13.8. The van der Waals surface area contributed by atoms with Crippen molar-refractivity contribution in [3.05, 3.63) is 69.8 Å². The Hall–Kier alpha value is -2.91. The lowest BCUT2D eigenvalue weighted by molar-refractivity contribution is -0.173. The average Bonchev–Trinajstić information content (AvgIpc) is 3.17. The van der Waals surface area contributed by atoms with E-state index in [9.17, 15) is 18.0 Å². The Kier molecular flexibility index (Phi) is 5.96. The number of amides is 1. The van der Waals surface area contributed by atoms with Gasteiger partial charge in [0.15, 0.2) is 11.7 Å². The summed E-state index contributed by atoms with van der Waals surface area (Å²) in [6.45, 7) is 0. The highest BCUT2D eigenvalue weighted by Gasteiger charge is 2.46. The van der Waals surface area contributed by atoms with Crippen molar-refractivity contribution < 1.29 is 22.7 Å². The molecule has 3 aromatic rings. The van der Waals surface area contributed by atoms with E-state index in [1.54, 1.807) is 36.4 Å². The van der Waals surface area contributed by atoms with Crippen LogP contribution in [0.3, 0.4) is 0 Å². The first-order valence-electron chi connectivity index (χ1n) is 9.49.